The first-order valence-corrected chi connectivity index (χ1v) is 22.9. The predicted molar refractivity (Wildman–Crippen MR) is 282 cm³/mol. The molecule has 0 aliphatic heterocycles. The molecule has 2 heterocycles. The largest absolute Gasteiger partial charge is 0.456 e. The van der Waals surface area contributed by atoms with Crippen LogP contribution in [0.2, 0.25) is 0 Å². The zero-order chi connectivity index (χ0) is 44.3. The van der Waals surface area contributed by atoms with Crippen molar-refractivity contribution in [1.29, 1.82) is 0 Å². The van der Waals surface area contributed by atoms with Gasteiger partial charge in [-0.3, -0.25) is 0 Å². The summed E-state index contributed by atoms with van der Waals surface area (Å²) in [7, 11) is 0. The fraction of sp³-hybridized carbons (Fsp3) is 0. The average molecular weight is 855 g/mol. The van der Waals surface area contributed by atoms with Crippen molar-refractivity contribution in [1.82, 2.24) is 4.57 Å². The van der Waals surface area contributed by atoms with Crippen molar-refractivity contribution in [2.75, 3.05) is 4.90 Å². The summed E-state index contributed by atoms with van der Waals surface area (Å²) in [4.78, 5) is 2.47. The molecule has 0 amide bonds. The van der Waals surface area contributed by atoms with Gasteiger partial charge in [-0.25, -0.2) is 0 Å². The number of rotatable bonds is 8. The number of furan rings is 1. The van der Waals surface area contributed by atoms with Crippen molar-refractivity contribution in [3.63, 3.8) is 0 Å². The third-order valence-corrected chi connectivity index (χ3v) is 13.4. The standard InChI is InChI=1S/C64H42N2O/c1-3-18-43(19-4-1)51-30-16-20-44-21-17-31-56(64(44)51)53-28-9-13-34-60(53)66(58-32-11-7-26-50(58)47-37-39-63-57(41-47)55-29-10-14-35-62(55)67-63)49-25-15-22-45(40-49)46-36-38-54-52-27-8-12-33-59(52)65(61(54)42-46)48-23-5-2-6-24-48/h1-42H. The molecule has 67 heavy (non-hydrogen) atoms. The maximum atomic E-state index is 6.32. The van der Waals surface area contributed by atoms with E-state index in [1.807, 2.05) is 12.1 Å². The van der Waals surface area contributed by atoms with Crippen molar-refractivity contribution in [2.45, 2.75) is 0 Å². The third-order valence-electron chi connectivity index (χ3n) is 13.4. The Kier molecular flexibility index (Phi) is 9.17. The van der Waals surface area contributed by atoms with Gasteiger partial charge in [0.1, 0.15) is 11.2 Å². The van der Waals surface area contributed by atoms with Crippen LogP contribution in [0.15, 0.2) is 259 Å². The Bertz CT molecular complexity index is 3990. The van der Waals surface area contributed by atoms with Gasteiger partial charge in [-0.15, -0.1) is 0 Å². The highest BCUT2D eigenvalue weighted by atomic mass is 16.3. The number of hydrogen-bond acceptors (Lipinski definition) is 2. The third kappa shape index (κ3) is 6.51. The second-order valence-electron chi connectivity index (χ2n) is 17.2. The summed E-state index contributed by atoms with van der Waals surface area (Å²) >= 11 is 0. The summed E-state index contributed by atoms with van der Waals surface area (Å²) in [5.74, 6) is 0. The van der Waals surface area contributed by atoms with Gasteiger partial charge in [-0.05, 0) is 111 Å². The van der Waals surface area contributed by atoms with Crippen LogP contribution in [0, 0.1) is 0 Å². The molecule has 11 aromatic carbocycles. The summed E-state index contributed by atoms with van der Waals surface area (Å²) in [6.07, 6.45) is 0. The number of benzene rings is 11. The molecule has 0 bridgehead atoms. The zero-order valence-corrected chi connectivity index (χ0v) is 36.6. The Balaban J connectivity index is 1.04. The smallest absolute Gasteiger partial charge is 0.135 e. The molecule has 3 heteroatoms. The summed E-state index contributed by atoms with van der Waals surface area (Å²) in [6, 6.07) is 92.1. The van der Waals surface area contributed by atoms with Gasteiger partial charge in [0.25, 0.3) is 0 Å². The Morgan fingerprint density at radius 3 is 1.73 bits per heavy atom. The maximum absolute atomic E-state index is 6.32. The van der Waals surface area contributed by atoms with E-state index in [1.165, 1.54) is 49.3 Å². The first-order chi connectivity index (χ1) is 33.2. The highest BCUT2D eigenvalue weighted by Gasteiger charge is 2.23. The van der Waals surface area contributed by atoms with Crippen LogP contribution < -0.4 is 4.90 Å². The van der Waals surface area contributed by atoms with Crippen LogP contribution in [0.5, 0.6) is 0 Å². The average Bonchev–Trinajstić information content (AvgIpc) is 3.94. The quantitative estimate of drug-likeness (QED) is 0.152. The number of anilines is 3. The minimum Gasteiger partial charge on any atom is -0.456 e. The number of fused-ring (bicyclic) bond motifs is 7. The van der Waals surface area contributed by atoms with Gasteiger partial charge in [-0.1, -0.05) is 188 Å². The molecular formula is C64H42N2O. The van der Waals surface area contributed by atoms with E-state index in [0.717, 1.165) is 72.5 Å². The normalized spacial score (nSPS) is 11.6. The fourth-order valence-electron chi connectivity index (χ4n) is 10.4. The summed E-state index contributed by atoms with van der Waals surface area (Å²) in [5.41, 5.74) is 17.7. The molecule has 0 fully saturated rings. The molecule has 0 N–H and O–H groups in total. The molecule has 0 aliphatic carbocycles. The Hall–Kier alpha value is -8.92. The monoisotopic (exact) mass is 854 g/mol. The molecule has 2 aromatic heterocycles. The summed E-state index contributed by atoms with van der Waals surface area (Å²) in [5, 5.41) is 7.11. The topological polar surface area (TPSA) is 21.3 Å². The van der Waals surface area contributed by atoms with Crippen LogP contribution in [0.1, 0.15) is 0 Å². The molecule has 0 aliphatic rings. The Morgan fingerprint density at radius 1 is 0.313 bits per heavy atom. The van der Waals surface area contributed by atoms with E-state index in [0.29, 0.717) is 0 Å². The Morgan fingerprint density at radius 2 is 0.896 bits per heavy atom. The lowest BCUT2D eigenvalue weighted by Crippen LogP contribution is -2.12. The van der Waals surface area contributed by atoms with E-state index in [2.05, 4.69) is 252 Å². The van der Waals surface area contributed by atoms with Crippen molar-refractivity contribution in [3.8, 4) is 50.2 Å². The highest BCUT2D eigenvalue weighted by Crippen LogP contribution is 2.48. The van der Waals surface area contributed by atoms with Gasteiger partial charge < -0.3 is 13.9 Å². The molecule has 0 radical (unpaired) electrons. The second-order valence-corrected chi connectivity index (χ2v) is 17.2. The van der Waals surface area contributed by atoms with Gasteiger partial charge >= 0.3 is 0 Å². The van der Waals surface area contributed by atoms with E-state index in [4.69, 9.17) is 4.42 Å². The lowest BCUT2D eigenvalue weighted by Gasteiger charge is -2.30. The summed E-state index contributed by atoms with van der Waals surface area (Å²) < 4.78 is 8.71. The van der Waals surface area contributed by atoms with Crippen LogP contribution in [0.4, 0.5) is 17.1 Å². The lowest BCUT2D eigenvalue weighted by atomic mass is 9.90. The number of nitrogens with zero attached hydrogens (tertiary/aromatic N) is 2. The molecule has 314 valence electrons. The van der Waals surface area contributed by atoms with Gasteiger partial charge in [0.2, 0.25) is 0 Å². The molecule has 3 nitrogen and oxygen atoms in total. The molecule has 0 saturated carbocycles. The fourth-order valence-corrected chi connectivity index (χ4v) is 10.4. The number of para-hydroxylation sites is 5. The van der Waals surface area contributed by atoms with Crippen LogP contribution >= 0.6 is 0 Å². The molecule has 0 unspecified atom stereocenters. The molecule has 0 spiro atoms. The van der Waals surface area contributed by atoms with Crippen molar-refractivity contribution in [3.05, 3.63) is 255 Å². The molecular weight excluding hydrogens is 813 g/mol. The van der Waals surface area contributed by atoms with Gasteiger partial charge in [0.15, 0.2) is 0 Å². The van der Waals surface area contributed by atoms with Gasteiger partial charge in [0, 0.05) is 44.0 Å². The first kappa shape index (κ1) is 38.5. The first-order valence-electron chi connectivity index (χ1n) is 22.9. The minimum atomic E-state index is 0.880. The van der Waals surface area contributed by atoms with Crippen molar-refractivity contribution >= 4 is 71.6 Å². The molecule has 13 rings (SSSR count). The predicted octanol–water partition coefficient (Wildman–Crippen LogP) is 18.0. The van der Waals surface area contributed by atoms with Crippen LogP contribution in [0.3, 0.4) is 0 Å². The van der Waals surface area contributed by atoms with Gasteiger partial charge in [0.05, 0.1) is 22.4 Å². The second kappa shape index (κ2) is 16.0. The lowest BCUT2D eigenvalue weighted by molar-refractivity contribution is 0.669. The maximum Gasteiger partial charge on any atom is 0.135 e. The van der Waals surface area contributed by atoms with E-state index in [-0.39, 0.29) is 0 Å². The van der Waals surface area contributed by atoms with E-state index >= 15 is 0 Å². The summed E-state index contributed by atoms with van der Waals surface area (Å²) in [6.45, 7) is 0. The zero-order valence-electron chi connectivity index (χ0n) is 36.6. The van der Waals surface area contributed by atoms with Crippen molar-refractivity contribution in [2.24, 2.45) is 0 Å². The van der Waals surface area contributed by atoms with Crippen LogP contribution in [-0.2, 0) is 0 Å². The van der Waals surface area contributed by atoms with Crippen LogP contribution in [-0.4, -0.2) is 4.57 Å². The van der Waals surface area contributed by atoms with Crippen molar-refractivity contribution < 1.29 is 4.42 Å². The molecule has 0 saturated heterocycles. The number of hydrogen-bond donors (Lipinski definition) is 0. The molecule has 13 aromatic rings. The minimum absolute atomic E-state index is 0.880. The Labute approximate surface area is 388 Å². The van der Waals surface area contributed by atoms with E-state index in [9.17, 15) is 0 Å². The number of aromatic nitrogens is 1. The molecule has 0 atom stereocenters. The SMILES string of the molecule is c1ccc(-c2cccc3cccc(-c4ccccc4N(c4cccc(-c5ccc6c7ccccc7n(-c7ccccc7)c6c5)c4)c4ccccc4-c4ccc5oc6ccccc6c5c4)c23)cc1. The van der Waals surface area contributed by atoms with E-state index in [1.54, 1.807) is 0 Å². The van der Waals surface area contributed by atoms with Crippen LogP contribution in [0.25, 0.3) is 105 Å². The van der Waals surface area contributed by atoms with Gasteiger partial charge in [-0.2, -0.15) is 0 Å². The van der Waals surface area contributed by atoms with E-state index < -0.39 is 0 Å². The highest BCUT2D eigenvalue weighted by molar-refractivity contribution is 6.12.